The number of rotatable bonds is 8. The van der Waals surface area contributed by atoms with Crippen LogP contribution in [0.2, 0.25) is 0 Å². The van der Waals surface area contributed by atoms with E-state index in [-0.39, 0.29) is 17.4 Å². The van der Waals surface area contributed by atoms with Crippen molar-refractivity contribution in [3.05, 3.63) is 53.3 Å². The Morgan fingerprint density at radius 3 is 2.61 bits per heavy atom. The number of aryl methyl sites for hydroxylation is 1. The highest BCUT2D eigenvalue weighted by Gasteiger charge is 2.52. The van der Waals surface area contributed by atoms with E-state index in [9.17, 15) is 9.59 Å². The number of carbonyl (C=O) groups is 2. The third-order valence-corrected chi connectivity index (χ3v) is 7.32. The summed E-state index contributed by atoms with van der Waals surface area (Å²) in [6.07, 6.45) is 6.39. The van der Waals surface area contributed by atoms with E-state index in [1.165, 1.54) is 5.56 Å². The summed E-state index contributed by atoms with van der Waals surface area (Å²) < 4.78 is 0. The predicted molar refractivity (Wildman–Crippen MR) is 130 cm³/mol. The highest BCUT2D eigenvalue weighted by atomic mass is 16.2. The van der Waals surface area contributed by atoms with Gasteiger partial charge in [-0.15, -0.1) is 0 Å². The smallest absolute Gasteiger partial charge is 0.274 e. The number of benzene rings is 1. The first kappa shape index (κ1) is 23.5. The van der Waals surface area contributed by atoms with Gasteiger partial charge in [-0.25, -0.2) is 0 Å². The van der Waals surface area contributed by atoms with Crippen LogP contribution in [-0.2, 0) is 17.6 Å². The minimum absolute atomic E-state index is 0.0193. The van der Waals surface area contributed by atoms with Crippen molar-refractivity contribution in [1.29, 1.82) is 0 Å². The number of likely N-dealkylation sites (tertiary alicyclic amines) is 2. The fraction of sp³-hybridized carbons (Fsp3) is 0.593. The summed E-state index contributed by atoms with van der Waals surface area (Å²) in [5.74, 6) is 0.714. The van der Waals surface area contributed by atoms with Crippen LogP contribution in [0.15, 0.2) is 36.4 Å². The van der Waals surface area contributed by atoms with Crippen molar-refractivity contribution in [3.8, 4) is 0 Å². The van der Waals surface area contributed by atoms with Gasteiger partial charge in [0.1, 0.15) is 5.69 Å². The summed E-state index contributed by atoms with van der Waals surface area (Å²) >= 11 is 0. The number of carbonyl (C=O) groups excluding carboxylic acids is 2. The molecule has 2 amide bonds. The van der Waals surface area contributed by atoms with Crippen LogP contribution in [0.4, 0.5) is 0 Å². The Kier molecular flexibility index (Phi) is 7.20. The molecule has 2 aromatic rings. The Morgan fingerprint density at radius 1 is 1.21 bits per heavy atom. The average Bonchev–Trinajstić information content (AvgIpc) is 3.38. The van der Waals surface area contributed by atoms with Crippen molar-refractivity contribution in [3.63, 3.8) is 0 Å². The Balaban J connectivity index is 1.43. The van der Waals surface area contributed by atoms with E-state index in [1.807, 2.05) is 17.0 Å². The van der Waals surface area contributed by atoms with Crippen molar-refractivity contribution >= 4 is 11.8 Å². The Morgan fingerprint density at radius 2 is 1.94 bits per heavy atom. The van der Waals surface area contributed by atoms with Crippen molar-refractivity contribution in [1.82, 2.24) is 20.0 Å². The van der Waals surface area contributed by atoms with E-state index < -0.39 is 0 Å². The van der Waals surface area contributed by atoms with Crippen LogP contribution in [-0.4, -0.2) is 57.5 Å². The second kappa shape index (κ2) is 10.1. The summed E-state index contributed by atoms with van der Waals surface area (Å²) in [5, 5.41) is 7.27. The van der Waals surface area contributed by atoms with Gasteiger partial charge in [0.05, 0.1) is 5.41 Å². The Hall–Kier alpha value is -2.63. The minimum Gasteiger partial charge on any atom is -0.339 e. The lowest BCUT2D eigenvalue weighted by molar-refractivity contribution is -0.139. The maximum atomic E-state index is 13.7. The zero-order chi connectivity index (χ0) is 23.4. The molecule has 1 aromatic heterocycles. The zero-order valence-corrected chi connectivity index (χ0v) is 20.3. The molecule has 2 saturated heterocycles. The van der Waals surface area contributed by atoms with E-state index in [0.717, 1.165) is 57.2 Å². The molecule has 178 valence electrons. The van der Waals surface area contributed by atoms with E-state index in [4.69, 9.17) is 0 Å². The van der Waals surface area contributed by atoms with Crippen molar-refractivity contribution in [2.24, 2.45) is 11.3 Å². The van der Waals surface area contributed by atoms with Crippen molar-refractivity contribution in [2.75, 3.05) is 19.6 Å². The van der Waals surface area contributed by atoms with Gasteiger partial charge in [0, 0.05) is 31.4 Å². The van der Waals surface area contributed by atoms with Crippen LogP contribution < -0.4 is 0 Å². The number of unbranched alkanes of at least 4 members (excludes halogenated alkanes) is 1. The van der Waals surface area contributed by atoms with Crippen LogP contribution in [0.25, 0.3) is 0 Å². The number of hydrogen-bond acceptors (Lipinski definition) is 3. The number of aromatic amines is 1. The number of aromatic nitrogens is 2. The molecular formula is C27H38N4O2. The molecule has 0 radical (unpaired) electrons. The summed E-state index contributed by atoms with van der Waals surface area (Å²) in [5.41, 5.74) is 2.47. The lowest BCUT2D eigenvalue weighted by Crippen LogP contribution is -2.47. The standard InChI is InChI=1S/C27H38N4O2/c1-4-5-11-22-17-24(29-28-22)25(32)30-14-12-27(13-15-30)18-23(16-21-9-7-6-8-10-21)31(26(27)33)19-20(2)3/h6-10,17,20,23H,4-5,11-16,18-19H2,1-3H3,(H,28,29)/t23-/m1/s1. The summed E-state index contributed by atoms with van der Waals surface area (Å²) in [6.45, 7) is 8.55. The molecular weight excluding hydrogens is 412 g/mol. The average molecular weight is 451 g/mol. The summed E-state index contributed by atoms with van der Waals surface area (Å²) in [7, 11) is 0. The van der Waals surface area contributed by atoms with E-state index in [2.05, 4.69) is 60.1 Å². The molecule has 3 heterocycles. The largest absolute Gasteiger partial charge is 0.339 e. The van der Waals surface area contributed by atoms with Gasteiger partial charge in [-0.2, -0.15) is 5.10 Å². The lowest BCUT2D eigenvalue weighted by Gasteiger charge is -2.37. The summed E-state index contributed by atoms with van der Waals surface area (Å²) in [4.78, 5) is 30.7. The molecule has 0 bridgehead atoms. The first-order chi connectivity index (χ1) is 15.9. The van der Waals surface area contributed by atoms with E-state index in [1.54, 1.807) is 0 Å². The second-order valence-corrected chi connectivity index (χ2v) is 10.4. The molecule has 1 atom stereocenters. The molecule has 4 rings (SSSR count). The fourth-order valence-corrected chi connectivity index (χ4v) is 5.50. The molecule has 0 unspecified atom stereocenters. The Bertz CT molecular complexity index is 944. The first-order valence-corrected chi connectivity index (χ1v) is 12.6. The Labute approximate surface area is 197 Å². The lowest BCUT2D eigenvalue weighted by atomic mass is 9.75. The fourth-order valence-electron chi connectivity index (χ4n) is 5.50. The first-order valence-electron chi connectivity index (χ1n) is 12.6. The third kappa shape index (κ3) is 5.15. The third-order valence-electron chi connectivity index (χ3n) is 7.32. The molecule has 1 N–H and O–H groups in total. The van der Waals surface area contributed by atoms with Gasteiger partial charge in [0.15, 0.2) is 0 Å². The van der Waals surface area contributed by atoms with Crippen LogP contribution >= 0.6 is 0 Å². The van der Waals surface area contributed by atoms with Crippen LogP contribution in [0.3, 0.4) is 0 Å². The monoisotopic (exact) mass is 450 g/mol. The van der Waals surface area contributed by atoms with Gasteiger partial charge in [-0.3, -0.25) is 14.7 Å². The van der Waals surface area contributed by atoms with Crippen molar-refractivity contribution in [2.45, 2.75) is 71.8 Å². The maximum Gasteiger partial charge on any atom is 0.274 e. The molecule has 6 heteroatoms. The topological polar surface area (TPSA) is 69.3 Å². The van der Waals surface area contributed by atoms with Crippen LogP contribution in [0.1, 0.15) is 74.6 Å². The predicted octanol–water partition coefficient (Wildman–Crippen LogP) is 4.47. The van der Waals surface area contributed by atoms with Crippen LogP contribution in [0, 0.1) is 11.3 Å². The molecule has 0 saturated carbocycles. The van der Waals surface area contributed by atoms with Crippen molar-refractivity contribution < 1.29 is 9.59 Å². The van der Waals surface area contributed by atoms with Crippen LogP contribution in [0.5, 0.6) is 0 Å². The molecule has 6 nitrogen and oxygen atoms in total. The van der Waals surface area contributed by atoms with Gasteiger partial charge >= 0.3 is 0 Å². The molecule has 0 aliphatic carbocycles. The minimum atomic E-state index is -0.330. The molecule has 33 heavy (non-hydrogen) atoms. The number of nitrogens with one attached hydrogen (secondary N) is 1. The SMILES string of the molecule is CCCCc1cc(C(=O)N2CCC3(CC2)C[C@@H](Cc2ccccc2)N(CC(C)C)C3=O)n[nH]1. The van der Waals surface area contributed by atoms with Gasteiger partial charge in [0.2, 0.25) is 5.91 Å². The van der Waals surface area contributed by atoms with Gasteiger partial charge in [0.25, 0.3) is 5.91 Å². The van der Waals surface area contributed by atoms with Gasteiger partial charge in [-0.1, -0.05) is 57.5 Å². The number of amides is 2. The molecule has 1 aromatic carbocycles. The molecule has 2 aliphatic heterocycles. The highest BCUT2D eigenvalue weighted by Crippen LogP contribution is 2.45. The number of nitrogens with zero attached hydrogens (tertiary/aromatic N) is 3. The van der Waals surface area contributed by atoms with Gasteiger partial charge in [-0.05, 0) is 56.1 Å². The maximum absolute atomic E-state index is 13.7. The summed E-state index contributed by atoms with van der Waals surface area (Å²) in [6, 6.07) is 12.6. The second-order valence-electron chi connectivity index (χ2n) is 10.4. The molecule has 2 fully saturated rings. The van der Waals surface area contributed by atoms with E-state index in [0.29, 0.717) is 30.6 Å². The number of piperidine rings is 1. The highest BCUT2D eigenvalue weighted by molar-refractivity contribution is 5.93. The zero-order valence-electron chi connectivity index (χ0n) is 20.3. The van der Waals surface area contributed by atoms with Gasteiger partial charge < -0.3 is 9.80 Å². The molecule has 1 spiro atoms. The molecule has 2 aliphatic rings. The number of hydrogen-bond donors (Lipinski definition) is 1. The number of H-pyrrole nitrogens is 1. The normalized spacial score (nSPS) is 20.2. The quantitative estimate of drug-likeness (QED) is 0.645. The van der Waals surface area contributed by atoms with E-state index >= 15 is 0 Å².